The average Bonchev–Trinajstić information content (AvgIpc) is 2.86. The molecule has 1 heterocycles. The van der Waals surface area contributed by atoms with Gasteiger partial charge in [0, 0.05) is 19.1 Å². The van der Waals surface area contributed by atoms with Crippen LogP contribution in [0.4, 0.5) is 0 Å². The summed E-state index contributed by atoms with van der Waals surface area (Å²) in [6.07, 6.45) is 4.27. The monoisotopic (exact) mass is 253 g/mol. The summed E-state index contributed by atoms with van der Waals surface area (Å²) in [5, 5.41) is 6.85. The molecule has 0 aromatic carbocycles. The number of nitrogens with zero attached hydrogens (tertiary/aromatic N) is 3. The summed E-state index contributed by atoms with van der Waals surface area (Å²) in [6, 6.07) is -0.0648. The number of nitrogens with one attached hydrogen (secondary N) is 1. The van der Waals surface area contributed by atoms with Gasteiger partial charge in [-0.1, -0.05) is 0 Å². The van der Waals surface area contributed by atoms with Crippen molar-refractivity contribution in [3.63, 3.8) is 0 Å². The molecule has 18 heavy (non-hydrogen) atoms. The lowest BCUT2D eigenvalue weighted by Crippen LogP contribution is -2.64. The highest BCUT2D eigenvalue weighted by Crippen LogP contribution is 2.22. The largest absolute Gasteiger partial charge is 0.376 e. The molecule has 2 rings (SSSR count). The van der Waals surface area contributed by atoms with Crippen molar-refractivity contribution in [1.29, 1.82) is 0 Å². The van der Waals surface area contributed by atoms with Gasteiger partial charge in [0.25, 0.3) is 0 Å². The molecular weight excluding hydrogens is 234 g/mol. The second kappa shape index (κ2) is 5.92. The number of amides is 1. The lowest BCUT2D eigenvalue weighted by Gasteiger charge is -2.42. The quantitative estimate of drug-likeness (QED) is 0.698. The number of rotatable bonds is 6. The standard InChI is InChI=1S/C11H19N5O2/c1-2-18-9-5-8(12)11(9)15-10(17)3-4-16-7-13-6-14-16/h6-9,11H,2-5,12H2,1H3,(H,15,17). The molecule has 0 bridgehead atoms. The zero-order valence-corrected chi connectivity index (χ0v) is 10.5. The lowest BCUT2D eigenvalue weighted by molar-refractivity contribution is -0.126. The first-order valence-corrected chi connectivity index (χ1v) is 6.19. The number of aromatic nitrogens is 3. The van der Waals surface area contributed by atoms with Crippen LogP contribution in [0.2, 0.25) is 0 Å². The van der Waals surface area contributed by atoms with Gasteiger partial charge < -0.3 is 15.8 Å². The molecule has 3 N–H and O–H groups in total. The van der Waals surface area contributed by atoms with E-state index in [2.05, 4.69) is 15.4 Å². The fourth-order valence-corrected chi connectivity index (χ4v) is 2.05. The SMILES string of the molecule is CCOC1CC(N)C1NC(=O)CCn1cncn1. The summed E-state index contributed by atoms with van der Waals surface area (Å²) >= 11 is 0. The molecule has 3 unspecified atom stereocenters. The van der Waals surface area contributed by atoms with E-state index < -0.39 is 0 Å². The number of nitrogens with two attached hydrogens (primary N) is 1. The van der Waals surface area contributed by atoms with Crippen molar-refractivity contribution in [3.8, 4) is 0 Å². The summed E-state index contributed by atoms with van der Waals surface area (Å²) in [5.74, 6) is -0.0321. The van der Waals surface area contributed by atoms with E-state index >= 15 is 0 Å². The number of ether oxygens (including phenoxy) is 1. The maximum Gasteiger partial charge on any atom is 0.222 e. The third-order valence-electron chi connectivity index (χ3n) is 3.11. The van der Waals surface area contributed by atoms with Crippen LogP contribution >= 0.6 is 0 Å². The average molecular weight is 253 g/mol. The molecular formula is C11H19N5O2. The smallest absolute Gasteiger partial charge is 0.222 e. The molecule has 7 nitrogen and oxygen atoms in total. The number of carbonyl (C=O) groups excluding carboxylic acids is 1. The fraction of sp³-hybridized carbons (Fsp3) is 0.727. The van der Waals surface area contributed by atoms with E-state index in [1.165, 1.54) is 6.33 Å². The molecule has 1 amide bonds. The van der Waals surface area contributed by atoms with Crippen molar-refractivity contribution in [2.24, 2.45) is 5.73 Å². The van der Waals surface area contributed by atoms with Gasteiger partial charge in [-0.05, 0) is 13.3 Å². The molecule has 100 valence electrons. The molecule has 1 fully saturated rings. The summed E-state index contributed by atoms with van der Waals surface area (Å²) in [5.41, 5.74) is 5.86. The van der Waals surface area contributed by atoms with E-state index in [0.29, 0.717) is 19.6 Å². The third kappa shape index (κ3) is 3.05. The zero-order chi connectivity index (χ0) is 13.0. The van der Waals surface area contributed by atoms with Crippen molar-refractivity contribution >= 4 is 5.91 Å². The van der Waals surface area contributed by atoms with Crippen molar-refractivity contribution in [1.82, 2.24) is 20.1 Å². The minimum atomic E-state index is -0.0619. The van der Waals surface area contributed by atoms with Gasteiger partial charge in [-0.15, -0.1) is 0 Å². The van der Waals surface area contributed by atoms with Gasteiger partial charge in [-0.3, -0.25) is 9.48 Å². The highest BCUT2D eigenvalue weighted by atomic mass is 16.5. The van der Waals surface area contributed by atoms with Crippen LogP contribution in [0.25, 0.3) is 0 Å². The summed E-state index contributed by atoms with van der Waals surface area (Å²) in [4.78, 5) is 15.6. The number of aryl methyl sites for hydroxylation is 1. The number of hydrogen-bond acceptors (Lipinski definition) is 5. The molecule has 1 aromatic heterocycles. The van der Waals surface area contributed by atoms with Gasteiger partial charge >= 0.3 is 0 Å². The van der Waals surface area contributed by atoms with Crippen molar-refractivity contribution < 1.29 is 9.53 Å². The minimum absolute atomic E-state index is 0.00290. The van der Waals surface area contributed by atoms with E-state index in [9.17, 15) is 4.79 Å². The first kappa shape index (κ1) is 13.0. The Labute approximate surface area is 106 Å². The Morgan fingerprint density at radius 1 is 1.67 bits per heavy atom. The Kier molecular flexibility index (Phi) is 4.27. The highest BCUT2D eigenvalue weighted by Gasteiger charge is 2.40. The summed E-state index contributed by atoms with van der Waals surface area (Å²) < 4.78 is 7.12. The van der Waals surface area contributed by atoms with E-state index in [4.69, 9.17) is 10.5 Å². The minimum Gasteiger partial charge on any atom is -0.376 e. The van der Waals surface area contributed by atoms with Gasteiger partial charge in [-0.25, -0.2) is 4.98 Å². The second-order valence-electron chi connectivity index (χ2n) is 4.40. The molecule has 0 aliphatic heterocycles. The van der Waals surface area contributed by atoms with E-state index in [-0.39, 0.29) is 24.1 Å². The lowest BCUT2D eigenvalue weighted by atomic mass is 9.83. The van der Waals surface area contributed by atoms with E-state index in [0.717, 1.165) is 6.42 Å². The van der Waals surface area contributed by atoms with Gasteiger partial charge in [0.1, 0.15) is 12.7 Å². The van der Waals surface area contributed by atoms with Crippen molar-refractivity contribution in [2.45, 2.75) is 44.5 Å². The molecule has 1 aliphatic carbocycles. The third-order valence-corrected chi connectivity index (χ3v) is 3.11. The fourth-order valence-electron chi connectivity index (χ4n) is 2.05. The molecule has 1 aliphatic rings. The zero-order valence-electron chi connectivity index (χ0n) is 10.5. The maximum absolute atomic E-state index is 11.8. The Morgan fingerprint density at radius 3 is 3.11 bits per heavy atom. The Bertz CT molecular complexity index is 379. The van der Waals surface area contributed by atoms with E-state index in [1.807, 2.05) is 6.92 Å². The van der Waals surface area contributed by atoms with Gasteiger partial charge in [-0.2, -0.15) is 5.10 Å². The maximum atomic E-state index is 11.8. The van der Waals surface area contributed by atoms with Gasteiger partial charge in [0.05, 0.1) is 18.7 Å². The molecule has 7 heteroatoms. The number of hydrogen-bond donors (Lipinski definition) is 2. The number of carbonyl (C=O) groups is 1. The molecule has 3 atom stereocenters. The van der Waals surface area contributed by atoms with Crippen molar-refractivity contribution in [3.05, 3.63) is 12.7 Å². The molecule has 0 saturated heterocycles. The summed E-state index contributed by atoms with van der Waals surface area (Å²) in [6.45, 7) is 3.10. The van der Waals surface area contributed by atoms with E-state index in [1.54, 1.807) is 11.0 Å². The molecule has 0 spiro atoms. The summed E-state index contributed by atoms with van der Waals surface area (Å²) in [7, 11) is 0. The van der Waals surface area contributed by atoms with Crippen LogP contribution in [0.15, 0.2) is 12.7 Å². The molecule has 1 aromatic rings. The highest BCUT2D eigenvalue weighted by molar-refractivity contribution is 5.76. The van der Waals surface area contributed by atoms with Crippen LogP contribution in [0.5, 0.6) is 0 Å². The van der Waals surface area contributed by atoms with Crippen LogP contribution in [-0.4, -0.2) is 45.5 Å². The molecule has 1 saturated carbocycles. The van der Waals surface area contributed by atoms with Crippen LogP contribution in [0, 0.1) is 0 Å². The van der Waals surface area contributed by atoms with Crippen LogP contribution in [0.3, 0.4) is 0 Å². The van der Waals surface area contributed by atoms with Crippen LogP contribution < -0.4 is 11.1 Å². The Hall–Kier alpha value is -1.47. The first-order valence-electron chi connectivity index (χ1n) is 6.19. The van der Waals surface area contributed by atoms with Gasteiger partial charge in [0.2, 0.25) is 5.91 Å². The Balaban J connectivity index is 1.73. The first-order chi connectivity index (χ1) is 8.70. The second-order valence-corrected chi connectivity index (χ2v) is 4.40. The topological polar surface area (TPSA) is 95.1 Å². The predicted molar refractivity (Wildman–Crippen MR) is 64.6 cm³/mol. The Morgan fingerprint density at radius 2 is 2.50 bits per heavy atom. The molecule has 0 radical (unpaired) electrons. The van der Waals surface area contributed by atoms with Crippen molar-refractivity contribution in [2.75, 3.05) is 6.61 Å². The normalized spacial score (nSPS) is 26.7. The van der Waals surface area contributed by atoms with Crippen LogP contribution in [-0.2, 0) is 16.1 Å². The predicted octanol–water partition coefficient (Wildman–Crippen LogP) is -0.711. The van der Waals surface area contributed by atoms with Crippen LogP contribution in [0.1, 0.15) is 19.8 Å². The van der Waals surface area contributed by atoms with Gasteiger partial charge in [0.15, 0.2) is 0 Å².